The molecule has 0 amide bonds. The molecule has 0 aliphatic carbocycles. The molecule has 0 aromatic heterocycles. The molecular weight excluding hydrogens is 240 g/mol. The highest BCUT2D eigenvalue weighted by Crippen LogP contribution is 2.10. The summed E-state index contributed by atoms with van der Waals surface area (Å²) in [6.45, 7) is 4.85. The van der Waals surface area contributed by atoms with Crippen LogP contribution in [0, 0.1) is 6.92 Å². The van der Waals surface area contributed by atoms with Gasteiger partial charge in [0.15, 0.2) is 0 Å². The Bertz CT molecular complexity index is 493. The summed E-state index contributed by atoms with van der Waals surface area (Å²) in [5.74, 6) is -0.288. The predicted molar refractivity (Wildman–Crippen MR) is 74.7 cm³/mol. The minimum Gasteiger partial charge on any atom is -0.459 e. The van der Waals surface area contributed by atoms with E-state index in [4.69, 9.17) is 9.47 Å². The number of carbonyl (C=O) groups excluding carboxylic acids is 1. The summed E-state index contributed by atoms with van der Waals surface area (Å²) in [5, 5.41) is 0. The molecule has 1 aromatic rings. The average Bonchev–Trinajstić information content (AvgIpc) is 3.22. The smallest absolute Gasteiger partial charge is 0.333 e. The Labute approximate surface area is 113 Å². The van der Waals surface area contributed by atoms with Crippen LogP contribution in [-0.4, -0.2) is 25.3 Å². The maximum absolute atomic E-state index is 11.6. The Morgan fingerprint density at radius 2 is 2.11 bits per heavy atom. The van der Waals surface area contributed by atoms with Crippen molar-refractivity contribution in [3.05, 3.63) is 53.1 Å². The van der Waals surface area contributed by atoms with E-state index in [1.54, 1.807) is 13.0 Å². The first-order valence-electron chi connectivity index (χ1n) is 6.35. The summed E-state index contributed by atoms with van der Waals surface area (Å²) in [6.07, 6.45) is 5.69. The standard InChI is InChI=1S/C16H18O3/c1-12-6-8-14(9-7-12)5-3-4-13(2)16(17)19-11-15-10-18-15/h3-9,15H,10-11H2,1-2H3. The SMILES string of the molecule is CC(=CC=Cc1ccc(C)cc1)C(=O)OCC1CO1. The molecule has 0 spiro atoms. The fourth-order valence-electron chi connectivity index (χ4n) is 1.50. The van der Waals surface area contributed by atoms with Gasteiger partial charge in [0.05, 0.1) is 6.61 Å². The van der Waals surface area contributed by atoms with E-state index < -0.39 is 0 Å². The van der Waals surface area contributed by atoms with Gasteiger partial charge in [-0.05, 0) is 19.4 Å². The molecular formula is C16H18O3. The maximum atomic E-state index is 11.6. The zero-order valence-corrected chi connectivity index (χ0v) is 11.3. The average molecular weight is 258 g/mol. The minimum absolute atomic E-state index is 0.111. The van der Waals surface area contributed by atoms with Crippen molar-refractivity contribution in [2.45, 2.75) is 20.0 Å². The van der Waals surface area contributed by atoms with Crippen LogP contribution in [-0.2, 0) is 14.3 Å². The van der Waals surface area contributed by atoms with Crippen molar-refractivity contribution < 1.29 is 14.3 Å². The van der Waals surface area contributed by atoms with Crippen LogP contribution in [0.15, 0.2) is 42.0 Å². The number of hydrogen-bond acceptors (Lipinski definition) is 3. The van der Waals surface area contributed by atoms with Gasteiger partial charge in [0, 0.05) is 5.57 Å². The van der Waals surface area contributed by atoms with Gasteiger partial charge in [0.25, 0.3) is 0 Å². The van der Waals surface area contributed by atoms with Crippen LogP contribution in [0.25, 0.3) is 6.08 Å². The Morgan fingerprint density at radius 1 is 1.42 bits per heavy atom. The third-order valence-electron chi connectivity index (χ3n) is 2.84. The molecule has 1 atom stereocenters. The first kappa shape index (κ1) is 13.6. The third kappa shape index (κ3) is 4.72. The minimum atomic E-state index is -0.288. The van der Waals surface area contributed by atoms with E-state index in [0.717, 1.165) is 5.56 Å². The van der Waals surface area contributed by atoms with E-state index in [9.17, 15) is 4.79 Å². The normalized spacial score (nSPS) is 18.6. The summed E-state index contributed by atoms with van der Waals surface area (Å²) >= 11 is 0. The Kier molecular flexibility index (Phi) is 4.53. The van der Waals surface area contributed by atoms with Crippen molar-refractivity contribution in [2.24, 2.45) is 0 Å². The van der Waals surface area contributed by atoms with E-state index in [2.05, 4.69) is 19.1 Å². The van der Waals surface area contributed by atoms with Crippen molar-refractivity contribution in [1.29, 1.82) is 0 Å². The highest BCUT2D eigenvalue weighted by molar-refractivity contribution is 5.88. The van der Waals surface area contributed by atoms with Crippen molar-refractivity contribution >= 4 is 12.0 Å². The zero-order valence-electron chi connectivity index (χ0n) is 11.3. The number of benzene rings is 1. The molecule has 2 rings (SSSR count). The predicted octanol–water partition coefficient (Wildman–Crippen LogP) is 2.90. The monoisotopic (exact) mass is 258 g/mol. The Balaban J connectivity index is 1.85. The lowest BCUT2D eigenvalue weighted by atomic mass is 10.1. The van der Waals surface area contributed by atoms with Crippen LogP contribution in [0.4, 0.5) is 0 Å². The van der Waals surface area contributed by atoms with E-state index >= 15 is 0 Å². The van der Waals surface area contributed by atoms with Crippen molar-refractivity contribution in [3.63, 3.8) is 0 Å². The molecule has 19 heavy (non-hydrogen) atoms. The molecule has 1 aromatic carbocycles. The quantitative estimate of drug-likeness (QED) is 0.353. The maximum Gasteiger partial charge on any atom is 0.333 e. The van der Waals surface area contributed by atoms with E-state index in [0.29, 0.717) is 18.8 Å². The summed E-state index contributed by atoms with van der Waals surface area (Å²) in [6, 6.07) is 8.19. The van der Waals surface area contributed by atoms with Crippen LogP contribution in [0.3, 0.4) is 0 Å². The molecule has 1 fully saturated rings. The summed E-state index contributed by atoms with van der Waals surface area (Å²) in [7, 11) is 0. The Hall–Kier alpha value is -1.87. The van der Waals surface area contributed by atoms with Gasteiger partial charge in [-0.3, -0.25) is 0 Å². The second-order valence-electron chi connectivity index (χ2n) is 4.67. The number of aryl methyl sites for hydroxylation is 1. The lowest BCUT2D eigenvalue weighted by Gasteiger charge is -2.01. The molecule has 1 heterocycles. The molecule has 1 aliphatic heterocycles. The molecule has 0 N–H and O–H groups in total. The molecule has 1 saturated heterocycles. The number of epoxide rings is 1. The Morgan fingerprint density at radius 3 is 2.74 bits per heavy atom. The highest BCUT2D eigenvalue weighted by atomic mass is 16.6. The first-order chi connectivity index (χ1) is 9.15. The van der Waals surface area contributed by atoms with Gasteiger partial charge < -0.3 is 9.47 Å². The molecule has 3 heteroatoms. The van der Waals surface area contributed by atoms with E-state index in [-0.39, 0.29) is 12.1 Å². The number of esters is 1. The van der Waals surface area contributed by atoms with Crippen LogP contribution >= 0.6 is 0 Å². The molecule has 3 nitrogen and oxygen atoms in total. The summed E-state index contributed by atoms with van der Waals surface area (Å²) < 4.78 is 10.1. The number of allylic oxidation sites excluding steroid dienone is 2. The molecule has 0 bridgehead atoms. The fraction of sp³-hybridized carbons (Fsp3) is 0.312. The number of hydrogen-bond donors (Lipinski definition) is 0. The molecule has 1 unspecified atom stereocenters. The van der Waals surface area contributed by atoms with Crippen molar-refractivity contribution in [1.82, 2.24) is 0 Å². The topological polar surface area (TPSA) is 38.8 Å². The summed E-state index contributed by atoms with van der Waals surface area (Å²) in [5.41, 5.74) is 2.92. The van der Waals surface area contributed by atoms with Crippen LogP contribution in [0.5, 0.6) is 0 Å². The lowest BCUT2D eigenvalue weighted by Crippen LogP contribution is -2.10. The largest absolute Gasteiger partial charge is 0.459 e. The fourth-order valence-corrected chi connectivity index (χ4v) is 1.50. The molecule has 0 radical (unpaired) electrons. The molecule has 0 saturated carbocycles. The highest BCUT2D eigenvalue weighted by Gasteiger charge is 2.24. The number of ether oxygens (including phenoxy) is 2. The van der Waals surface area contributed by atoms with Gasteiger partial charge in [0.2, 0.25) is 0 Å². The number of rotatable bonds is 5. The van der Waals surface area contributed by atoms with Gasteiger partial charge >= 0.3 is 5.97 Å². The third-order valence-corrected chi connectivity index (χ3v) is 2.84. The van der Waals surface area contributed by atoms with Crippen molar-refractivity contribution in [2.75, 3.05) is 13.2 Å². The molecule has 100 valence electrons. The first-order valence-corrected chi connectivity index (χ1v) is 6.35. The second-order valence-corrected chi connectivity index (χ2v) is 4.67. The van der Waals surface area contributed by atoms with Gasteiger partial charge in [-0.25, -0.2) is 4.79 Å². The second kappa shape index (κ2) is 6.34. The zero-order chi connectivity index (χ0) is 13.7. The summed E-state index contributed by atoms with van der Waals surface area (Å²) in [4.78, 5) is 11.6. The van der Waals surface area contributed by atoms with Crippen molar-refractivity contribution in [3.8, 4) is 0 Å². The van der Waals surface area contributed by atoms with Gasteiger partial charge in [-0.1, -0.05) is 48.1 Å². The van der Waals surface area contributed by atoms with Gasteiger partial charge in [-0.15, -0.1) is 0 Å². The van der Waals surface area contributed by atoms with Crippen LogP contribution < -0.4 is 0 Å². The lowest BCUT2D eigenvalue weighted by molar-refractivity contribution is -0.139. The van der Waals surface area contributed by atoms with Gasteiger partial charge in [0.1, 0.15) is 12.7 Å². The van der Waals surface area contributed by atoms with E-state index in [1.165, 1.54) is 5.56 Å². The van der Waals surface area contributed by atoms with Gasteiger partial charge in [-0.2, -0.15) is 0 Å². The van der Waals surface area contributed by atoms with Crippen LogP contribution in [0.2, 0.25) is 0 Å². The van der Waals surface area contributed by atoms with Crippen LogP contribution in [0.1, 0.15) is 18.1 Å². The number of carbonyl (C=O) groups is 1. The van der Waals surface area contributed by atoms with E-state index in [1.807, 2.05) is 24.3 Å². The molecule has 1 aliphatic rings.